The zero-order chi connectivity index (χ0) is 16.5. The molecule has 0 atom stereocenters. The minimum Gasteiger partial charge on any atom is -0.494 e. The zero-order valence-corrected chi connectivity index (χ0v) is 14.2. The molecular weight excluding hydrogens is 320 g/mol. The molecule has 0 bridgehead atoms. The predicted octanol–water partition coefficient (Wildman–Crippen LogP) is 4.23. The van der Waals surface area contributed by atoms with E-state index in [4.69, 9.17) is 9.84 Å². The van der Waals surface area contributed by atoms with E-state index in [0.717, 1.165) is 38.2 Å². The number of hydrogen-bond acceptors (Lipinski definition) is 5. The number of aromatic nitrogens is 4. The molecule has 0 radical (unpaired) electrons. The van der Waals surface area contributed by atoms with Gasteiger partial charge in [0, 0.05) is 11.1 Å². The number of fused-ring (bicyclic) bond motifs is 1. The molecule has 0 unspecified atom stereocenters. The second kappa shape index (κ2) is 6.05. The van der Waals surface area contributed by atoms with E-state index in [1.807, 2.05) is 53.9 Å². The lowest BCUT2D eigenvalue weighted by Gasteiger charge is -2.03. The van der Waals surface area contributed by atoms with Gasteiger partial charge in [0.2, 0.25) is 4.96 Å². The first kappa shape index (κ1) is 14.8. The van der Waals surface area contributed by atoms with Crippen LogP contribution in [0.5, 0.6) is 5.75 Å². The highest BCUT2D eigenvalue weighted by atomic mass is 32.1. The van der Waals surface area contributed by atoms with Gasteiger partial charge >= 0.3 is 0 Å². The fraction of sp³-hybridized carbons (Fsp3) is 0.167. The Labute approximate surface area is 143 Å². The van der Waals surface area contributed by atoms with Crippen molar-refractivity contribution >= 4 is 16.3 Å². The highest BCUT2D eigenvalue weighted by Crippen LogP contribution is 2.30. The van der Waals surface area contributed by atoms with Gasteiger partial charge in [0.15, 0.2) is 5.82 Å². The van der Waals surface area contributed by atoms with Crippen LogP contribution in [-0.2, 0) is 0 Å². The fourth-order valence-corrected chi connectivity index (χ4v) is 3.45. The van der Waals surface area contributed by atoms with Crippen molar-refractivity contribution in [2.24, 2.45) is 0 Å². The van der Waals surface area contributed by atoms with E-state index in [2.05, 4.69) is 23.2 Å². The number of ether oxygens (including phenoxy) is 1. The van der Waals surface area contributed by atoms with Gasteiger partial charge in [0.25, 0.3) is 0 Å². The monoisotopic (exact) mass is 336 g/mol. The summed E-state index contributed by atoms with van der Waals surface area (Å²) in [5, 5.41) is 14.2. The van der Waals surface area contributed by atoms with Crippen LogP contribution in [0.4, 0.5) is 0 Å². The Morgan fingerprint density at radius 3 is 2.79 bits per heavy atom. The molecule has 0 N–H and O–H groups in total. The Morgan fingerprint density at radius 1 is 1.08 bits per heavy atom. The van der Waals surface area contributed by atoms with Gasteiger partial charge in [-0.25, -0.2) is 0 Å². The summed E-state index contributed by atoms with van der Waals surface area (Å²) in [5.41, 5.74) is 3.22. The van der Waals surface area contributed by atoms with Crippen LogP contribution < -0.4 is 4.74 Å². The van der Waals surface area contributed by atoms with Gasteiger partial charge in [0.1, 0.15) is 10.8 Å². The van der Waals surface area contributed by atoms with E-state index in [9.17, 15) is 0 Å². The SMILES string of the molecule is CCOc1cccc(-c2nn3c(-c4ccccc4C)nnc3s2)c1. The normalized spacial score (nSPS) is 11.1. The molecule has 4 aromatic rings. The summed E-state index contributed by atoms with van der Waals surface area (Å²) in [7, 11) is 0. The second-order valence-corrected chi connectivity index (χ2v) is 6.36. The lowest BCUT2D eigenvalue weighted by molar-refractivity contribution is 0.340. The lowest BCUT2D eigenvalue weighted by Crippen LogP contribution is -1.93. The molecule has 24 heavy (non-hydrogen) atoms. The van der Waals surface area contributed by atoms with Crippen LogP contribution in [0.3, 0.4) is 0 Å². The van der Waals surface area contributed by atoms with Gasteiger partial charge in [-0.2, -0.15) is 9.61 Å². The van der Waals surface area contributed by atoms with Crippen molar-refractivity contribution in [2.45, 2.75) is 13.8 Å². The summed E-state index contributed by atoms with van der Waals surface area (Å²) in [6.45, 7) is 4.69. The quantitative estimate of drug-likeness (QED) is 0.560. The molecule has 0 aliphatic carbocycles. The van der Waals surface area contributed by atoms with Crippen LogP contribution >= 0.6 is 11.3 Å². The van der Waals surface area contributed by atoms with Gasteiger partial charge in [0.05, 0.1) is 6.61 Å². The summed E-state index contributed by atoms with van der Waals surface area (Å²) in [6, 6.07) is 16.1. The maximum absolute atomic E-state index is 5.57. The Bertz CT molecular complexity index is 1010. The highest BCUT2D eigenvalue weighted by Gasteiger charge is 2.15. The zero-order valence-electron chi connectivity index (χ0n) is 13.4. The molecule has 2 aromatic heterocycles. The van der Waals surface area contributed by atoms with Gasteiger partial charge in [-0.15, -0.1) is 10.2 Å². The molecule has 0 amide bonds. The molecular formula is C18H16N4OS. The Hall–Kier alpha value is -2.73. The first-order chi connectivity index (χ1) is 11.8. The van der Waals surface area contributed by atoms with Gasteiger partial charge < -0.3 is 4.74 Å². The number of rotatable bonds is 4. The van der Waals surface area contributed by atoms with E-state index in [0.29, 0.717) is 6.61 Å². The van der Waals surface area contributed by atoms with Crippen LogP contribution in [-0.4, -0.2) is 26.4 Å². The average molecular weight is 336 g/mol. The largest absolute Gasteiger partial charge is 0.494 e. The van der Waals surface area contributed by atoms with Crippen molar-refractivity contribution in [3.63, 3.8) is 0 Å². The van der Waals surface area contributed by atoms with Crippen LogP contribution in [0.25, 0.3) is 26.9 Å². The maximum atomic E-state index is 5.57. The van der Waals surface area contributed by atoms with Crippen LogP contribution in [0.1, 0.15) is 12.5 Å². The fourth-order valence-electron chi connectivity index (χ4n) is 2.61. The van der Waals surface area contributed by atoms with Gasteiger partial charge in [-0.05, 0) is 31.5 Å². The smallest absolute Gasteiger partial charge is 0.235 e. The summed E-state index contributed by atoms with van der Waals surface area (Å²) < 4.78 is 7.39. The van der Waals surface area contributed by atoms with Crippen LogP contribution in [0, 0.1) is 6.92 Å². The molecule has 6 heteroatoms. The summed E-state index contributed by atoms with van der Waals surface area (Å²) in [4.78, 5) is 0.782. The molecule has 120 valence electrons. The van der Waals surface area contributed by atoms with E-state index < -0.39 is 0 Å². The van der Waals surface area contributed by atoms with Crippen molar-refractivity contribution in [3.05, 3.63) is 54.1 Å². The highest BCUT2D eigenvalue weighted by molar-refractivity contribution is 7.19. The summed E-state index contributed by atoms with van der Waals surface area (Å²) >= 11 is 1.52. The Balaban J connectivity index is 1.80. The number of nitrogens with zero attached hydrogens (tertiary/aromatic N) is 4. The Kier molecular flexibility index (Phi) is 3.74. The number of aryl methyl sites for hydroxylation is 1. The van der Waals surface area contributed by atoms with E-state index in [1.54, 1.807) is 0 Å². The third-order valence-electron chi connectivity index (χ3n) is 3.77. The molecule has 0 saturated carbocycles. The second-order valence-electron chi connectivity index (χ2n) is 5.40. The van der Waals surface area contributed by atoms with Crippen molar-refractivity contribution in [1.82, 2.24) is 19.8 Å². The van der Waals surface area contributed by atoms with Crippen LogP contribution in [0.15, 0.2) is 48.5 Å². The molecule has 0 aliphatic rings. The molecule has 5 nitrogen and oxygen atoms in total. The molecule has 2 heterocycles. The van der Waals surface area contributed by atoms with Crippen molar-refractivity contribution in [1.29, 1.82) is 0 Å². The Morgan fingerprint density at radius 2 is 1.96 bits per heavy atom. The molecule has 0 saturated heterocycles. The molecule has 0 fully saturated rings. The van der Waals surface area contributed by atoms with Crippen molar-refractivity contribution in [3.8, 4) is 27.7 Å². The van der Waals surface area contributed by atoms with Crippen LogP contribution in [0.2, 0.25) is 0 Å². The summed E-state index contributed by atoms with van der Waals surface area (Å²) in [6.07, 6.45) is 0. The molecule has 0 aliphatic heterocycles. The first-order valence-corrected chi connectivity index (χ1v) is 8.59. The van der Waals surface area contributed by atoms with Gasteiger partial charge in [-0.3, -0.25) is 0 Å². The predicted molar refractivity (Wildman–Crippen MR) is 95.4 cm³/mol. The third-order valence-corrected chi connectivity index (χ3v) is 4.72. The average Bonchev–Trinajstić information content (AvgIpc) is 3.17. The molecule has 0 spiro atoms. The maximum Gasteiger partial charge on any atom is 0.235 e. The van der Waals surface area contributed by atoms with E-state index >= 15 is 0 Å². The number of hydrogen-bond donors (Lipinski definition) is 0. The minimum absolute atomic E-state index is 0.645. The standard InChI is InChI=1S/C18H16N4OS/c1-3-23-14-9-6-8-13(11-14)17-21-22-16(19-20-18(22)24-17)15-10-5-4-7-12(15)2/h4-11H,3H2,1-2H3. The molecule has 2 aromatic carbocycles. The lowest BCUT2D eigenvalue weighted by atomic mass is 10.1. The number of benzene rings is 2. The first-order valence-electron chi connectivity index (χ1n) is 7.77. The molecule has 4 rings (SSSR count). The van der Waals surface area contributed by atoms with E-state index in [-0.39, 0.29) is 0 Å². The van der Waals surface area contributed by atoms with Crippen molar-refractivity contribution < 1.29 is 4.74 Å². The van der Waals surface area contributed by atoms with Crippen molar-refractivity contribution in [2.75, 3.05) is 6.61 Å². The van der Waals surface area contributed by atoms with E-state index in [1.165, 1.54) is 11.3 Å². The topological polar surface area (TPSA) is 52.3 Å². The minimum atomic E-state index is 0.645. The third kappa shape index (κ3) is 2.55. The van der Waals surface area contributed by atoms with Gasteiger partial charge in [-0.1, -0.05) is 47.7 Å². The summed E-state index contributed by atoms with van der Waals surface area (Å²) in [5.74, 6) is 1.62.